The molecule has 0 heterocycles. The van der Waals surface area contributed by atoms with Gasteiger partial charge in [0.05, 0.1) is 17.4 Å². The van der Waals surface area contributed by atoms with E-state index in [0.29, 0.717) is 5.69 Å². The molecule has 0 bridgehead atoms. The fourth-order valence-electron chi connectivity index (χ4n) is 2.03. The van der Waals surface area contributed by atoms with Gasteiger partial charge in [0.2, 0.25) is 0 Å². The number of amides is 1. The average molecular weight is 374 g/mol. The molecule has 0 spiro atoms. The van der Waals surface area contributed by atoms with E-state index < -0.39 is 29.1 Å². The number of hydrogen-bond acceptors (Lipinski definition) is 6. The Morgan fingerprint density at radius 1 is 1.23 bits per heavy atom. The van der Waals surface area contributed by atoms with Crippen LogP contribution in [0.25, 0.3) is 0 Å². The van der Waals surface area contributed by atoms with Gasteiger partial charge in [0.15, 0.2) is 6.61 Å². The fraction of sp³-hybridized carbons (Fsp3) is 0.118. The van der Waals surface area contributed by atoms with E-state index in [1.807, 2.05) is 6.07 Å². The van der Waals surface area contributed by atoms with Gasteiger partial charge in [-0.25, -0.2) is 4.79 Å². The zero-order valence-electron chi connectivity index (χ0n) is 13.3. The molecular formula is C17H12ClN3O5. The summed E-state index contributed by atoms with van der Waals surface area (Å²) in [5, 5.41) is 22.2. The lowest BCUT2D eigenvalue weighted by molar-refractivity contribution is -0.385. The van der Waals surface area contributed by atoms with Crippen molar-refractivity contribution in [3.05, 3.63) is 68.7 Å². The molecule has 1 N–H and O–H groups in total. The van der Waals surface area contributed by atoms with Gasteiger partial charge in [-0.05, 0) is 29.8 Å². The molecule has 9 heteroatoms. The normalized spacial score (nSPS) is 9.85. The quantitative estimate of drug-likeness (QED) is 0.471. The van der Waals surface area contributed by atoms with Gasteiger partial charge in [0, 0.05) is 16.8 Å². The SMILES string of the molecule is N#CCc1ccc(NC(=O)COC(=O)c2ccc(Cl)cc2[N+](=O)[O-])cc1. The maximum atomic E-state index is 12.0. The standard InChI is InChI=1S/C17H12ClN3O5/c18-12-3-6-14(15(9-12)21(24)25)17(23)26-10-16(22)20-13-4-1-11(2-5-13)7-8-19/h1-6,9H,7,10H2,(H,20,22). The molecule has 0 fully saturated rings. The smallest absolute Gasteiger partial charge is 0.345 e. The Kier molecular flexibility index (Phi) is 6.25. The van der Waals surface area contributed by atoms with Crippen LogP contribution in [-0.2, 0) is 16.0 Å². The third-order valence-corrected chi connectivity index (χ3v) is 3.47. The fourth-order valence-corrected chi connectivity index (χ4v) is 2.20. The minimum absolute atomic E-state index is 0.103. The molecule has 0 atom stereocenters. The molecule has 2 aromatic rings. The number of anilines is 1. The minimum Gasteiger partial charge on any atom is -0.452 e. The third-order valence-electron chi connectivity index (χ3n) is 3.23. The summed E-state index contributed by atoms with van der Waals surface area (Å²) in [6, 6.07) is 12.1. The number of carbonyl (C=O) groups excluding carboxylic acids is 2. The van der Waals surface area contributed by atoms with Gasteiger partial charge in [0.25, 0.3) is 11.6 Å². The van der Waals surface area contributed by atoms with Crippen LogP contribution >= 0.6 is 11.6 Å². The number of nitriles is 1. The number of halogens is 1. The second-order valence-corrected chi connectivity index (χ2v) is 5.51. The summed E-state index contributed by atoms with van der Waals surface area (Å²) in [6.45, 7) is -0.613. The van der Waals surface area contributed by atoms with Crippen molar-refractivity contribution in [3.8, 4) is 6.07 Å². The molecule has 2 rings (SSSR count). The van der Waals surface area contributed by atoms with Crippen LogP contribution in [0.2, 0.25) is 5.02 Å². The summed E-state index contributed by atoms with van der Waals surface area (Å²) in [4.78, 5) is 34.0. The molecule has 0 aliphatic carbocycles. The van der Waals surface area contributed by atoms with E-state index in [1.165, 1.54) is 6.07 Å². The molecule has 0 saturated carbocycles. The first-order chi connectivity index (χ1) is 12.4. The van der Waals surface area contributed by atoms with E-state index in [-0.39, 0.29) is 17.0 Å². The summed E-state index contributed by atoms with van der Waals surface area (Å²) in [5.74, 6) is -1.61. The van der Waals surface area contributed by atoms with E-state index in [0.717, 1.165) is 17.7 Å². The highest BCUT2D eigenvalue weighted by atomic mass is 35.5. The Hall–Kier alpha value is -3.44. The maximum absolute atomic E-state index is 12.0. The largest absolute Gasteiger partial charge is 0.452 e. The maximum Gasteiger partial charge on any atom is 0.345 e. The van der Waals surface area contributed by atoms with E-state index in [1.54, 1.807) is 24.3 Å². The predicted octanol–water partition coefficient (Wildman–Crippen LogP) is 3.11. The Bertz CT molecular complexity index is 890. The van der Waals surface area contributed by atoms with E-state index in [2.05, 4.69) is 5.32 Å². The first-order valence-electron chi connectivity index (χ1n) is 7.27. The second kappa shape index (κ2) is 8.60. The van der Waals surface area contributed by atoms with Crippen LogP contribution in [0.15, 0.2) is 42.5 Å². The number of nitro benzene ring substituents is 1. The van der Waals surface area contributed by atoms with Gasteiger partial charge in [-0.3, -0.25) is 14.9 Å². The minimum atomic E-state index is -1.01. The third kappa shape index (κ3) is 5.03. The number of hydrogen-bond donors (Lipinski definition) is 1. The van der Waals surface area contributed by atoms with Crippen molar-refractivity contribution in [1.82, 2.24) is 0 Å². The number of ether oxygens (including phenoxy) is 1. The summed E-state index contributed by atoms with van der Waals surface area (Å²) >= 11 is 5.68. The van der Waals surface area contributed by atoms with Gasteiger partial charge in [-0.1, -0.05) is 23.7 Å². The predicted molar refractivity (Wildman–Crippen MR) is 92.8 cm³/mol. The number of benzene rings is 2. The van der Waals surface area contributed by atoms with Crippen molar-refractivity contribution in [1.29, 1.82) is 5.26 Å². The van der Waals surface area contributed by atoms with Gasteiger partial charge >= 0.3 is 5.97 Å². The van der Waals surface area contributed by atoms with Crippen LogP contribution in [0.3, 0.4) is 0 Å². The topological polar surface area (TPSA) is 122 Å². The highest BCUT2D eigenvalue weighted by Crippen LogP contribution is 2.23. The zero-order chi connectivity index (χ0) is 19.1. The van der Waals surface area contributed by atoms with Crippen LogP contribution in [0, 0.1) is 21.4 Å². The van der Waals surface area contributed by atoms with Gasteiger partial charge in [-0.2, -0.15) is 5.26 Å². The van der Waals surface area contributed by atoms with Crippen LogP contribution in [0.1, 0.15) is 15.9 Å². The summed E-state index contributed by atoms with van der Waals surface area (Å²) in [6.07, 6.45) is 0.256. The molecule has 26 heavy (non-hydrogen) atoms. The summed E-state index contributed by atoms with van der Waals surface area (Å²) in [5.41, 5.74) is 0.459. The zero-order valence-corrected chi connectivity index (χ0v) is 14.0. The van der Waals surface area contributed by atoms with Crippen LogP contribution in [0.5, 0.6) is 0 Å². The molecule has 8 nitrogen and oxygen atoms in total. The van der Waals surface area contributed by atoms with Crippen molar-refractivity contribution in [2.75, 3.05) is 11.9 Å². The Morgan fingerprint density at radius 2 is 1.92 bits per heavy atom. The first-order valence-corrected chi connectivity index (χ1v) is 7.65. The van der Waals surface area contributed by atoms with Crippen molar-refractivity contribution >= 4 is 34.9 Å². The number of nitrogens with zero attached hydrogens (tertiary/aromatic N) is 2. The molecule has 132 valence electrons. The van der Waals surface area contributed by atoms with Gasteiger partial charge in [0.1, 0.15) is 5.56 Å². The van der Waals surface area contributed by atoms with Crippen LogP contribution in [-0.4, -0.2) is 23.4 Å². The van der Waals surface area contributed by atoms with Crippen molar-refractivity contribution in [3.63, 3.8) is 0 Å². The summed E-state index contributed by atoms with van der Waals surface area (Å²) < 4.78 is 4.81. The summed E-state index contributed by atoms with van der Waals surface area (Å²) in [7, 11) is 0. The molecule has 0 aliphatic heterocycles. The molecule has 0 aliphatic rings. The van der Waals surface area contributed by atoms with Gasteiger partial charge in [-0.15, -0.1) is 0 Å². The number of rotatable bonds is 6. The molecular weight excluding hydrogens is 362 g/mol. The van der Waals surface area contributed by atoms with Crippen LogP contribution < -0.4 is 5.32 Å². The molecule has 0 radical (unpaired) electrons. The second-order valence-electron chi connectivity index (χ2n) is 5.07. The number of nitro groups is 1. The molecule has 2 aromatic carbocycles. The molecule has 1 amide bonds. The van der Waals surface area contributed by atoms with Crippen molar-refractivity contribution < 1.29 is 19.2 Å². The molecule has 0 saturated heterocycles. The Morgan fingerprint density at radius 3 is 2.54 bits per heavy atom. The number of esters is 1. The lowest BCUT2D eigenvalue weighted by Crippen LogP contribution is -2.21. The first kappa shape index (κ1) is 18.9. The van der Waals surface area contributed by atoms with E-state index in [9.17, 15) is 19.7 Å². The molecule has 0 aromatic heterocycles. The Balaban J connectivity index is 1.96. The number of carbonyl (C=O) groups is 2. The van der Waals surface area contributed by atoms with Gasteiger partial charge < -0.3 is 10.1 Å². The average Bonchev–Trinajstić information content (AvgIpc) is 2.61. The molecule has 0 unspecified atom stereocenters. The van der Waals surface area contributed by atoms with Crippen molar-refractivity contribution in [2.24, 2.45) is 0 Å². The number of nitrogens with one attached hydrogen (secondary N) is 1. The monoisotopic (exact) mass is 373 g/mol. The Labute approximate surface area is 153 Å². The van der Waals surface area contributed by atoms with E-state index in [4.69, 9.17) is 21.6 Å². The van der Waals surface area contributed by atoms with Crippen molar-refractivity contribution in [2.45, 2.75) is 6.42 Å². The van der Waals surface area contributed by atoms with E-state index >= 15 is 0 Å². The lowest BCUT2D eigenvalue weighted by Gasteiger charge is -2.07. The highest BCUT2D eigenvalue weighted by Gasteiger charge is 2.22. The van der Waals surface area contributed by atoms with Crippen LogP contribution in [0.4, 0.5) is 11.4 Å². The highest BCUT2D eigenvalue weighted by molar-refractivity contribution is 6.31. The lowest BCUT2D eigenvalue weighted by atomic mass is 10.1.